The molecule has 2 aromatic rings. The van der Waals surface area contributed by atoms with Gasteiger partial charge in [0.25, 0.3) is 5.91 Å². The predicted molar refractivity (Wildman–Crippen MR) is 95.8 cm³/mol. The molecule has 2 amide bonds. The Labute approximate surface area is 157 Å². The molecule has 0 unspecified atom stereocenters. The van der Waals surface area contributed by atoms with Crippen molar-refractivity contribution in [2.24, 2.45) is 0 Å². The first-order valence-electron chi connectivity index (χ1n) is 7.73. The molecule has 0 fully saturated rings. The number of carbonyl (C=O) groups excluding carboxylic acids is 2. The van der Waals surface area contributed by atoms with Crippen molar-refractivity contribution < 1.29 is 22.8 Å². The molecule has 0 saturated heterocycles. The van der Waals surface area contributed by atoms with Gasteiger partial charge in [-0.05, 0) is 43.3 Å². The summed E-state index contributed by atoms with van der Waals surface area (Å²) in [5, 5.41) is 2.24. The topological polar surface area (TPSA) is 49.4 Å². The molecular weight excluding hydrogens is 413 g/mol. The highest BCUT2D eigenvalue weighted by Crippen LogP contribution is 2.34. The van der Waals surface area contributed by atoms with Crippen LogP contribution in [0.15, 0.2) is 53.0 Å². The summed E-state index contributed by atoms with van der Waals surface area (Å²) in [4.78, 5) is 25.9. The molecule has 0 aliphatic carbocycles. The van der Waals surface area contributed by atoms with Gasteiger partial charge in [0.2, 0.25) is 5.91 Å². The Morgan fingerprint density at radius 1 is 1.08 bits per heavy atom. The molecule has 2 aromatic carbocycles. The minimum Gasteiger partial charge on any atom is -0.330 e. The minimum atomic E-state index is -4.58. The zero-order valence-corrected chi connectivity index (χ0v) is 15.4. The van der Waals surface area contributed by atoms with E-state index >= 15 is 0 Å². The summed E-state index contributed by atoms with van der Waals surface area (Å²) < 4.78 is 39.8. The number of halogens is 4. The van der Waals surface area contributed by atoms with Crippen LogP contribution in [0.4, 0.5) is 18.9 Å². The smallest absolute Gasteiger partial charge is 0.330 e. The maximum atomic E-state index is 13.0. The second-order valence-electron chi connectivity index (χ2n) is 5.42. The Morgan fingerprint density at radius 2 is 1.69 bits per heavy atom. The van der Waals surface area contributed by atoms with E-state index in [1.54, 1.807) is 31.2 Å². The quantitative estimate of drug-likeness (QED) is 0.758. The maximum absolute atomic E-state index is 13.0. The zero-order valence-electron chi connectivity index (χ0n) is 13.8. The Hall–Kier alpha value is -2.35. The number of rotatable bonds is 5. The molecule has 0 aliphatic rings. The van der Waals surface area contributed by atoms with Gasteiger partial charge in [0.1, 0.15) is 6.54 Å². The van der Waals surface area contributed by atoms with E-state index in [0.29, 0.717) is 5.56 Å². The van der Waals surface area contributed by atoms with Crippen molar-refractivity contribution in [1.29, 1.82) is 0 Å². The van der Waals surface area contributed by atoms with Crippen LogP contribution < -0.4 is 5.32 Å². The van der Waals surface area contributed by atoms with E-state index in [1.807, 2.05) is 0 Å². The van der Waals surface area contributed by atoms with E-state index < -0.39 is 17.6 Å². The van der Waals surface area contributed by atoms with E-state index in [9.17, 15) is 22.8 Å². The average molecular weight is 429 g/mol. The molecule has 0 aliphatic heterocycles. The first-order chi connectivity index (χ1) is 12.2. The van der Waals surface area contributed by atoms with Crippen molar-refractivity contribution in [3.05, 3.63) is 64.1 Å². The Bertz CT molecular complexity index is 792. The van der Waals surface area contributed by atoms with Crippen LogP contribution in [0.2, 0.25) is 0 Å². The van der Waals surface area contributed by atoms with Crippen molar-refractivity contribution in [2.75, 3.05) is 18.4 Å². The van der Waals surface area contributed by atoms with Crippen molar-refractivity contribution >= 4 is 33.4 Å². The number of alkyl halides is 3. The molecule has 4 nitrogen and oxygen atoms in total. The lowest BCUT2D eigenvalue weighted by atomic mass is 10.1. The first kappa shape index (κ1) is 20.0. The molecule has 0 bridgehead atoms. The van der Waals surface area contributed by atoms with Crippen molar-refractivity contribution in [3.8, 4) is 0 Å². The summed E-state index contributed by atoms with van der Waals surface area (Å²) in [6.07, 6.45) is -4.58. The van der Waals surface area contributed by atoms with E-state index in [4.69, 9.17) is 0 Å². The van der Waals surface area contributed by atoms with Gasteiger partial charge in [-0.3, -0.25) is 9.59 Å². The van der Waals surface area contributed by atoms with Crippen LogP contribution in [0.25, 0.3) is 0 Å². The van der Waals surface area contributed by atoms with Crippen LogP contribution in [0, 0.1) is 0 Å². The highest BCUT2D eigenvalue weighted by Gasteiger charge is 2.33. The summed E-state index contributed by atoms with van der Waals surface area (Å²) in [7, 11) is 0. The van der Waals surface area contributed by atoms with Gasteiger partial charge in [-0.15, -0.1) is 0 Å². The van der Waals surface area contributed by atoms with Crippen LogP contribution in [0.1, 0.15) is 22.8 Å². The van der Waals surface area contributed by atoms with Gasteiger partial charge in [-0.25, -0.2) is 0 Å². The third-order valence-electron chi connectivity index (χ3n) is 3.60. The van der Waals surface area contributed by atoms with Gasteiger partial charge in [0.05, 0.1) is 11.3 Å². The lowest BCUT2D eigenvalue weighted by Crippen LogP contribution is -2.38. The lowest BCUT2D eigenvalue weighted by molar-refractivity contribution is -0.137. The summed E-state index contributed by atoms with van der Waals surface area (Å²) in [5.41, 5.74) is -0.883. The Kier molecular flexibility index (Phi) is 6.42. The van der Waals surface area contributed by atoms with Gasteiger partial charge >= 0.3 is 6.18 Å². The number of amides is 2. The van der Waals surface area contributed by atoms with Gasteiger partial charge < -0.3 is 10.2 Å². The van der Waals surface area contributed by atoms with Gasteiger partial charge in [0, 0.05) is 16.6 Å². The van der Waals surface area contributed by atoms with Gasteiger partial charge in [-0.1, -0.05) is 28.1 Å². The Balaban J connectivity index is 2.11. The van der Waals surface area contributed by atoms with Crippen LogP contribution >= 0.6 is 15.9 Å². The molecule has 0 atom stereocenters. The van der Waals surface area contributed by atoms with E-state index in [1.165, 1.54) is 23.1 Å². The fourth-order valence-corrected chi connectivity index (χ4v) is 2.57. The molecule has 8 heteroatoms. The number of nitrogens with one attached hydrogen (secondary N) is 1. The number of carbonyl (C=O) groups is 2. The third-order valence-corrected chi connectivity index (χ3v) is 4.13. The molecule has 0 spiro atoms. The fraction of sp³-hybridized carbons (Fsp3) is 0.222. The molecule has 0 radical (unpaired) electrons. The monoisotopic (exact) mass is 428 g/mol. The molecule has 1 N–H and O–H groups in total. The van der Waals surface area contributed by atoms with Gasteiger partial charge in [-0.2, -0.15) is 13.2 Å². The highest BCUT2D eigenvalue weighted by atomic mass is 79.9. The predicted octanol–water partition coefficient (Wildman–Crippen LogP) is 4.57. The van der Waals surface area contributed by atoms with Crippen LogP contribution in [0.5, 0.6) is 0 Å². The molecule has 2 rings (SSSR count). The number of hydrogen-bond donors (Lipinski definition) is 1. The summed E-state index contributed by atoms with van der Waals surface area (Å²) in [5.74, 6) is -1.08. The van der Waals surface area contributed by atoms with Crippen LogP contribution in [0.3, 0.4) is 0 Å². The van der Waals surface area contributed by atoms with E-state index in [2.05, 4.69) is 21.2 Å². The molecule has 0 heterocycles. The molecule has 26 heavy (non-hydrogen) atoms. The highest BCUT2D eigenvalue weighted by molar-refractivity contribution is 9.10. The van der Waals surface area contributed by atoms with Crippen LogP contribution in [-0.4, -0.2) is 29.8 Å². The molecule has 138 valence electrons. The number of anilines is 1. The second kappa shape index (κ2) is 8.35. The number of benzene rings is 2. The first-order valence-corrected chi connectivity index (χ1v) is 8.52. The van der Waals surface area contributed by atoms with Crippen molar-refractivity contribution in [2.45, 2.75) is 13.1 Å². The van der Waals surface area contributed by atoms with Crippen LogP contribution in [-0.2, 0) is 11.0 Å². The number of hydrogen-bond acceptors (Lipinski definition) is 2. The molecule has 0 aromatic heterocycles. The standard InChI is InChI=1S/C18H16BrF3N2O2/c1-2-24(17(26)12-7-9-13(19)10-8-12)11-16(25)23-15-6-4-3-5-14(15)18(20,21)22/h3-10H,2,11H2,1H3,(H,23,25). The van der Waals surface area contributed by atoms with Crippen molar-refractivity contribution in [1.82, 2.24) is 4.90 Å². The largest absolute Gasteiger partial charge is 0.418 e. The molecular formula is C18H16BrF3N2O2. The maximum Gasteiger partial charge on any atom is 0.418 e. The van der Waals surface area contributed by atoms with E-state index in [0.717, 1.165) is 10.5 Å². The van der Waals surface area contributed by atoms with Crippen molar-refractivity contribution in [3.63, 3.8) is 0 Å². The minimum absolute atomic E-state index is 0.239. The number of para-hydroxylation sites is 1. The average Bonchev–Trinajstić information content (AvgIpc) is 2.59. The normalized spacial score (nSPS) is 11.1. The third kappa shape index (κ3) is 5.08. The Morgan fingerprint density at radius 3 is 2.27 bits per heavy atom. The van der Waals surface area contributed by atoms with E-state index in [-0.39, 0.29) is 24.7 Å². The zero-order chi connectivity index (χ0) is 19.3. The summed E-state index contributed by atoms with van der Waals surface area (Å²) in [6.45, 7) is 1.58. The molecule has 0 saturated carbocycles. The summed E-state index contributed by atoms with van der Waals surface area (Å²) in [6, 6.07) is 11.3. The van der Waals surface area contributed by atoms with Gasteiger partial charge in [0.15, 0.2) is 0 Å². The lowest BCUT2D eigenvalue weighted by Gasteiger charge is -2.21. The SMILES string of the molecule is CCN(CC(=O)Nc1ccccc1C(F)(F)F)C(=O)c1ccc(Br)cc1. The fourth-order valence-electron chi connectivity index (χ4n) is 2.30. The number of likely N-dealkylation sites (N-methyl/N-ethyl adjacent to an activating group) is 1. The summed E-state index contributed by atoms with van der Waals surface area (Å²) >= 11 is 3.27. The number of nitrogens with zero attached hydrogens (tertiary/aromatic N) is 1. The second-order valence-corrected chi connectivity index (χ2v) is 6.33.